The molecule has 5 nitrogen and oxygen atoms in total. The number of aliphatic hydroxyl groups is 1. The second kappa shape index (κ2) is 5.98. The van der Waals surface area contributed by atoms with Gasteiger partial charge < -0.3 is 15.2 Å². The molecule has 1 aromatic heterocycles. The standard InChI is InChI=1S/C15H17N3O2/c19-10-12-3-1-2-4-14(12)20-15-17-8-11(9-18-15)7-16-13-5-6-13/h1-4,8-9,13,16,19H,5-7,10H2. The molecule has 1 heterocycles. The highest BCUT2D eigenvalue weighted by molar-refractivity contribution is 5.34. The smallest absolute Gasteiger partial charge is 0.321 e. The molecule has 0 aliphatic heterocycles. The second-order valence-corrected chi connectivity index (χ2v) is 4.90. The Morgan fingerprint density at radius 2 is 1.95 bits per heavy atom. The van der Waals surface area contributed by atoms with Crippen LogP contribution < -0.4 is 10.1 Å². The van der Waals surface area contributed by atoms with Crippen LogP contribution in [0.5, 0.6) is 11.8 Å². The van der Waals surface area contributed by atoms with Gasteiger partial charge in [-0.05, 0) is 18.9 Å². The van der Waals surface area contributed by atoms with Crippen LogP contribution >= 0.6 is 0 Å². The number of aliphatic hydroxyl groups excluding tert-OH is 1. The van der Waals surface area contributed by atoms with Crippen molar-refractivity contribution >= 4 is 0 Å². The quantitative estimate of drug-likeness (QED) is 0.841. The first kappa shape index (κ1) is 13.0. The van der Waals surface area contributed by atoms with Crippen LogP contribution in [0.4, 0.5) is 0 Å². The summed E-state index contributed by atoms with van der Waals surface area (Å²) in [5, 5.41) is 12.6. The number of hydrogen-bond donors (Lipinski definition) is 2. The molecule has 104 valence electrons. The van der Waals surface area contributed by atoms with E-state index < -0.39 is 0 Å². The highest BCUT2D eigenvalue weighted by atomic mass is 16.5. The molecule has 0 spiro atoms. The van der Waals surface area contributed by atoms with E-state index in [0.717, 1.165) is 17.7 Å². The zero-order chi connectivity index (χ0) is 13.8. The molecular formula is C15H17N3O2. The summed E-state index contributed by atoms with van der Waals surface area (Å²) in [5.74, 6) is 0.582. The minimum atomic E-state index is -0.0699. The predicted octanol–water partition coefficient (Wildman–Crippen LogP) is 2.01. The normalized spacial score (nSPS) is 14.2. The highest BCUT2D eigenvalue weighted by Gasteiger charge is 2.20. The average Bonchev–Trinajstić information content (AvgIpc) is 3.31. The van der Waals surface area contributed by atoms with Gasteiger partial charge >= 0.3 is 6.01 Å². The number of ether oxygens (including phenoxy) is 1. The van der Waals surface area contributed by atoms with Crippen molar-refractivity contribution in [3.8, 4) is 11.8 Å². The van der Waals surface area contributed by atoms with Crippen molar-refractivity contribution in [3.63, 3.8) is 0 Å². The monoisotopic (exact) mass is 271 g/mol. The Morgan fingerprint density at radius 3 is 2.65 bits per heavy atom. The Bertz CT molecular complexity index is 568. The van der Waals surface area contributed by atoms with Crippen LogP contribution in [0, 0.1) is 0 Å². The lowest BCUT2D eigenvalue weighted by Crippen LogP contribution is -2.15. The Balaban J connectivity index is 1.64. The molecule has 1 fully saturated rings. The van der Waals surface area contributed by atoms with Crippen molar-refractivity contribution < 1.29 is 9.84 Å². The second-order valence-electron chi connectivity index (χ2n) is 4.90. The number of nitrogens with zero attached hydrogens (tertiary/aromatic N) is 2. The third kappa shape index (κ3) is 3.31. The molecule has 0 bridgehead atoms. The average molecular weight is 271 g/mol. The molecule has 2 N–H and O–H groups in total. The Hall–Kier alpha value is -1.98. The van der Waals surface area contributed by atoms with Crippen LogP contribution in [0.3, 0.4) is 0 Å². The van der Waals surface area contributed by atoms with Gasteiger partial charge in [-0.15, -0.1) is 0 Å². The number of benzene rings is 1. The fourth-order valence-electron chi connectivity index (χ4n) is 1.87. The lowest BCUT2D eigenvalue weighted by Gasteiger charge is -2.08. The molecule has 1 aliphatic carbocycles. The summed E-state index contributed by atoms with van der Waals surface area (Å²) in [4.78, 5) is 8.39. The van der Waals surface area contributed by atoms with Gasteiger partial charge in [0.05, 0.1) is 6.61 Å². The van der Waals surface area contributed by atoms with Crippen molar-refractivity contribution in [1.29, 1.82) is 0 Å². The fourth-order valence-corrected chi connectivity index (χ4v) is 1.87. The number of nitrogens with one attached hydrogen (secondary N) is 1. The van der Waals surface area contributed by atoms with Crippen LogP contribution in [-0.2, 0) is 13.2 Å². The van der Waals surface area contributed by atoms with Crippen molar-refractivity contribution in [2.75, 3.05) is 0 Å². The Labute approximate surface area is 117 Å². The van der Waals surface area contributed by atoms with Gasteiger partial charge in [0.15, 0.2) is 0 Å². The van der Waals surface area contributed by atoms with Crippen LogP contribution in [0.15, 0.2) is 36.7 Å². The molecule has 3 rings (SSSR count). The maximum Gasteiger partial charge on any atom is 0.321 e. The lowest BCUT2D eigenvalue weighted by molar-refractivity contribution is 0.275. The molecule has 5 heteroatoms. The molecule has 1 saturated carbocycles. The minimum Gasteiger partial charge on any atom is -0.424 e. The van der Waals surface area contributed by atoms with Crippen LogP contribution in [0.2, 0.25) is 0 Å². The van der Waals surface area contributed by atoms with Crippen molar-refractivity contribution in [2.24, 2.45) is 0 Å². The van der Waals surface area contributed by atoms with Crippen molar-refractivity contribution in [3.05, 3.63) is 47.8 Å². The molecular weight excluding hydrogens is 254 g/mol. The first-order chi connectivity index (χ1) is 9.85. The molecule has 20 heavy (non-hydrogen) atoms. The summed E-state index contributed by atoms with van der Waals surface area (Å²) in [6.07, 6.45) is 6.05. The summed E-state index contributed by atoms with van der Waals surface area (Å²) in [5.41, 5.74) is 1.76. The third-order valence-electron chi connectivity index (χ3n) is 3.20. The summed E-state index contributed by atoms with van der Waals surface area (Å²) < 4.78 is 5.59. The van der Waals surface area contributed by atoms with Gasteiger partial charge in [0.1, 0.15) is 5.75 Å². The van der Waals surface area contributed by atoms with E-state index in [9.17, 15) is 5.11 Å². The summed E-state index contributed by atoms with van der Waals surface area (Å²) in [6, 6.07) is 8.26. The third-order valence-corrected chi connectivity index (χ3v) is 3.20. The highest BCUT2D eigenvalue weighted by Crippen LogP contribution is 2.22. The van der Waals surface area contributed by atoms with E-state index in [-0.39, 0.29) is 6.61 Å². The topological polar surface area (TPSA) is 67.3 Å². The van der Waals surface area contributed by atoms with Crippen LogP contribution in [0.25, 0.3) is 0 Å². The fraction of sp³-hybridized carbons (Fsp3) is 0.333. The van der Waals surface area contributed by atoms with Gasteiger partial charge in [0.25, 0.3) is 0 Å². The maximum atomic E-state index is 9.24. The number of para-hydroxylation sites is 1. The Morgan fingerprint density at radius 1 is 1.20 bits per heavy atom. The number of aromatic nitrogens is 2. The molecule has 0 radical (unpaired) electrons. The molecule has 1 aromatic carbocycles. The number of hydrogen-bond acceptors (Lipinski definition) is 5. The van der Waals surface area contributed by atoms with Gasteiger partial charge in [-0.3, -0.25) is 0 Å². The van der Waals surface area contributed by atoms with E-state index in [1.807, 2.05) is 18.2 Å². The van der Waals surface area contributed by atoms with Gasteiger partial charge in [0, 0.05) is 36.1 Å². The summed E-state index contributed by atoms with van der Waals surface area (Å²) in [6.45, 7) is 0.720. The van der Waals surface area contributed by atoms with E-state index in [0.29, 0.717) is 17.8 Å². The molecule has 1 aliphatic rings. The molecule has 2 aromatic rings. The van der Waals surface area contributed by atoms with Gasteiger partial charge in [-0.1, -0.05) is 18.2 Å². The van der Waals surface area contributed by atoms with E-state index in [4.69, 9.17) is 4.74 Å². The zero-order valence-corrected chi connectivity index (χ0v) is 11.1. The van der Waals surface area contributed by atoms with Crippen molar-refractivity contribution in [1.82, 2.24) is 15.3 Å². The van der Waals surface area contributed by atoms with Gasteiger partial charge in [-0.25, -0.2) is 9.97 Å². The van der Waals surface area contributed by atoms with E-state index in [1.54, 1.807) is 18.5 Å². The SMILES string of the molecule is OCc1ccccc1Oc1ncc(CNC2CC2)cn1. The van der Waals surface area contributed by atoms with Crippen LogP contribution in [0.1, 0.15) is 24.0 Å². The first-order valence-electron chi connectivity index (χ1n) is 6.76. The van der Waals surface area contributed by atoms with E-state index >= 15 is 0 Å². The zero-order valence-electron chi connectivity index (χ0n) is 11.1. The van der Waals surface area contributed by atoms with E-state index in [2.05, 4.69) is 15.3 Å². The molecule has 0 atom stereocenters. The molecule has 0 amide bonds. The molecule has 0 saturated heterocycles. The largest absolute Gasteiger partial charge is 0.424 e. The van der Waals surface area contributed by atoms with E-state index in [1.165, 1.54) is 12.8 Å². The Kier molecular flexibility index (Phi) is 3.90. The van der Waals surface area contributed by atoms with Gasteiger partial charge in [0.2, 0.25) is 0 Å². The maximum absolute atomic E-state index is 9.24. The minimum absolute atomic E-state index is 0.0699. The predicted molar refractivity (Wildman–Crippen MR) is 74.3 cm³/mol. The first-order valence-corrected chi connectivity index (χ1v) is 6.76. The summed E-state index contributed by atoms with van der Waals surface area (Å²) >= 11 is 0. The number of rotatable bonds is 6. The van der Waals surface area contributed by atoms with Crippen LogP contribution in [-0.4, -0.2) is 21.1 Å². The van der Waals surface area contributed by atoms with Crippen molar-refractivity contribution in [2.45, 2.75) is 32.0 Å². The summed E-state index contributed by atoms with van der Waals surface area (Å²) in [7, 11) is 0. The molecule has 0 unspecified atom stereocenters. The lowest BCUT2D eigenvalue weighted by atomic mass is 10.2. The van der Waals surface area contributed by atoms with Gasteiger partial charge in [-0.2, -0.15) is 0 Å².